The zero-order valence-corrected chi connectivity index (χ0v) is 23.5. The van der Waals surface area contributed by atoms with E-state index in [2.05, 4.69) is 54.4 Å². The largest absolute Gasteiger partial charge is 0.394 e. The first-order valence-electron chi connectivity index (χ1n) is 9.14. The summed E-state index contributed by atoms with van der Waals surface area (Å²) in [5.74, 6) is 1.59. The average molecular weight is 550 g/mol. The third kappa shape index (κ3) is 7.29. The maximum atomic E-state index is 5.95. The minimum Gasteiger partial charge on any atom is -0.394 e. The number of aromatic nitrogens is 1. The summed E-state index contributed by atoms with van der Waals surface area (Å²) in [6.07, 6.45) is 0. The van der Waals surface area contributed by atoms with Crippen molar-refractivity contribution in [1.82, 2.24) is 4.98 Å². The molecule has 0 N–H and O–H groups in total. The van der Waals surface area contributed by atoms with Crippen molar-refractivity contribution >= 4 is 96.2 Å². The summed E-state index contributed by atoms with van der Waals surface area (Å²) in [5.41, 5.74) is 1.09. The maximum absolute atomic E-state index is 5.95. The van der Waals surface area contributed by atoms with Crippen molar-refractivity contribution in [3.8, 4) is 0 Å². The highest BCUT2D eigenvalue weighted by Crippen LogP contribution is 2.54. The van der Waals surface area contributed by atoms with Gasteiger partial charge in [-0.1, -0.05) is 60.2 Å². The summed E-state index contributed by atoms with van der Waals surface area (Å²) in [7, 11) is 12.1. The third-order valence-electron chi connectivity index (χ3n) is 4.35. The van der Waals surface area contributed by atoms with E-state index in [9.17, 15) is 0 Å². The quantitative estimate of drug-likeness (QED) is 0.120. The molecule has 1 atom stereocenters. The summed E-state index contributed by atoms with van der Waals surface area (Å²) < 4.78 is 14.3. The van der Waals surface area contributed by atoms with Crippen LogP contribution in [-0.4, -0.2) is 33.5 Å². The highest BCUT2D eigenvalue weighted by Gasteiger charge is 2.39. The summed E-state index contributed by atoms with van der Waals surface area (Å²) in [6, 6.07) is 19.6. The first-order valence-corrected chi connectivity index (χ1v) is 19.6. The molecule has 0 spiro atoms. The molecule has 3 nitrogen and oxygen atoms in total. The standard InChI is InChI=1S/C19H23NO2S7Si/c1-15(14-30(21-2,22-3)16-9-5-4-6-10-16)13-23-26-28-29-27-25-19-20-17-11-7-8-12-18(17)24-19/h4-12,15H,13-14H2,1-3H3. The van der Waals surface area contributed by atoms with Crippen molar-refractivity contribution in [1.29, 1.82) is 0 Å². The molecule has 0 aliphatic carbocycles. The lowest BCUT2D eigenvalue weighted by molar-refractivity contribution is 0.252. The van der Waals surface area contributed by atoms with Gasteiger partial charge < -0.3 is 8.85 Å². The number of rotatable bonds is 13. The summed E-state index contributed by atoms with van der Waals surface area (Å²) in [6.45, 7) is 2.28. The number of fused-ring (bicyclic) bond motifs is 1. The highest BCUT2D eigenvalue weighted by atomic mass is 33.9. The lowest BCUT2D eigenvalue weighted by Crippen LogP contribution is -2.53. The van der Waals surface area contributed by atoms with Gasteiger partial charge in [-0.15, -0.1) is 11.3 Å². The van der Waals surface area contributed by atoms with Crippen LogP contribution in [-0.2, 0) is 8.85 Å². The van der Waals surface area contributed by atoms with Crippen molar-refractivity contribution in [3.05, 3.63) is 54.6 Å². The fourth-order valence-electron chi connectivity index (χ4n) is 2.93. The Hall–Kier alpha value is 0.567. The van der Waals surface area contributed by atoms with E-state index < -0.39 is 8.56 Å². The van der Waals surface area contributed by atoms with E-state index in [1.165, 1.54) is 9.89 Å². The normalized spacial score (nSPS) is 13.0. The Kier molecular flexibility index (Phi) is 11.2. The van der Waals surface area contributed by atoms with E-state index in [4.69, 9.17) is 8.85 Å². The van der Waals surface area contributed by atoms with Gasteiger partial charge in [0.25, 0.3) is 0 Å². The fraction of sp³-hybridized carbons (Fsp3) is 0.316. The number of benzene rings is 2. The Morgan fingerprint density at radius 3 is 2.37 bits per heavy atom. The molecule has 1 aromatic heterocycles. The Morgan fingerprint density at radius 2 is 1.63 bits per heavy atom. The second-order valence-electron chi connectivity index (χ2n) is 6.42. The van der Waals surface area contributed by atoms with Gasteiger partial charge in [-0.05, 0) is 79.4 Å². The average Bonchev–Trinajstić information content (AvgIpc) is 3.20. The fourth-order valence-corrected chi connectivity index (χ4v) is 19.2. The molecule has 2 aromatic carbocycles. The van der Waals surface area contributed by atoms with Gasteiger partial charge in [-0.2, -0.15) is 0 Å². The van der Waals surface area contributed by atoms with Crippen LogP contribution in [0.25, 0.3) is 10.2 Å². The van der Waals surface area contributed by atoms with Gasteiger partial charge in [-0.3, -0.25) is 0 Å². The number of thiazole rings is 1. The van der Waals surface area contributed by atoms with E-state index in [0.717, 1.165) is 21.7 Å². The highest BCUT2D eigenvalue weighted by molar-refractivity contribution is 9.41. The number of nitrogens with zero attached hydrogens (tertiary/aromatic N) is 1. The molecule has 1 unspecified atom stereocenters. The predicted octanol–water partition coefficient (Wildman–Crippen LogP) is 7.91. The van der Waals surface area contributed by atoms with Gasteiger partial charge >= 0.3 is 8.56 Å². The topological polar surface area (TPSA) is 31.4 Å². The second-order valence-corrected chi connectivity index (χ2v) is 20.4. The molecule has 11 heteroatoms. The molecule has 30 heavy (non-hydrogen) atoms. The van der Waals surface area contributed by atoms with Crippen molar-refractivity contribution in [3.63, 3.8) is 0 Å². The van der Waals surface area contributed by atoms with Crippen molar-refractivity contribution in [2.45, 2.75) is 17.3 Å². The van der Waals surface area contributed by atoms with Gasteiger partial charge in [-0.25, -0.2) is 4.98 Å². The SMILES string of the molecule is CO[Si](CC(C)CSSSSSSc1nc2ccccc2s1)(OC)c1ccccc1. The molecule has 1 heterocycles. The van der Waals surface area contributed by atoms with E-state index in [1.807, 2.05) is 42.6 Å². The van der Waals surface area contributed by atoms with Crippen molar-refractivity contribution in [2.75, 3.05) is 20.0 Å². The van der Waals surface area contributed by atoms with Gasteiger partial charge in [0.15, 0.2) is 4.34 Å². The number of hydrogen-bond donors (Lipinski definition) is 0. The van der Waals surface area contributed by atoms with Crippen LogP contribution in [0.1, 0.15) is 6.92 Å². The molecular formula is C19H23NO2S7Si. The predicted molar refractivity (Wildman–Crippen MR) is 148 cm³/mol. The minimum atomic E-state index is -2.36. The molecule has 0 fully saturated rings. The van der Waals surface area contributed by atoms with E-state index >= 15 is 0 Å². The molecule has 162 valence electrons. The van der Waals surface area contributed by atoms with Gasteiger partial charge in [0.05, 0.1) is 10.2 Å². The van der Waals surface area contributed by atoms with Crippen molar-refractivity contribution < 1.29 is 8.85 Å². The Bertz CT molecular complexity index is 862. The van der Waals surface area contributed by atoms with Crippen LogP contribution in [0.3, 0.4) is 0 Å². The molecule has 0 aliphatic heterocycles. The Balaban J connectivity index is 1.33. The molecule has 3 rings (SSSR count). The first kappa shape index (κ1) is 25.2. The van der Waals surface area contributed by atoms with Crippen molar-refractivity contribution in [2.24, 2.45) is 5.92 Å². The van der Waals surface area contributed by atoms with E-state index in [0.29, 0.717) is 5.92 Å². The lowest BCUT2D eigenvalue weighted by atomic mass is 10.3. The molecule has 0 aliphatic rings. The Labute approximate surface area is 206 Å². The zero-order chi connectivity index (χ0) is 21.2. The number of para-hydroxylation sites is 1. The zero-order valence-electron chi connectivity index (χ0n) is 16.8. The summed E-state index contributed by atoms with van der Waals surface area (Å²) in [5, 5.41) is 1.20. The van der Waals surface area contributed by atoms with Gasteiger partial charge in [0.2, 0.25) is 0 Å². The second kappa shape index (κ2) is 13.3. The van der Waals surface area contributed by atoms with Crippen LogP contribution in [0.2, 0.25) is 6.04 Å². The molecular weight excluding hydrogens is 527 g/mol. The smallest absolute Gasteiger partial charge is 0.372 e. The molecule has 0 bridgehead atoms. The molecule has 0 saturated heterocycles. The van der Waals surface area contributed by atoms with E-state index in [1.54, 1.807) is 56.0 Å². The third-order valence-corrected chi connectivity index (χ3v) is 20.4. The van der Waals surface area contributed by atoms with Crippen LogP contribution >= 0.6 is 72.2 Å². The van der Waals surface area contributed by atoms with Crippen LogP contribution in [0.15, 0.2) is 58.9 Å². The summed E-state index contributed by atoms with van der Waals surface area (Å²) >= 11 is 1.75. The lowest BCUT2D eigenvalue weighted by Gasteiger charge is -2.30. The molecule has 0 saturated carbocycles. The maximum Gasteiger partial charge on any atom is 0.372 e. The Morgan fingerprint density at radius 1 is 0.933 bits per heavy atom. The summed E-state index contributed by atoms with van der Waals surface area (Å²) in [4.78, 5) is 4.65. The minimum absolute atomic E-state index is 0.518. The molecule has 0 radical (unpaired) electrons. The monoisotopic (exact) mass is 549 g/mol. The van der Waals surface area contributed by atoms with E-state index in [-0.39, 0.29) is 0 Å². The van der Waals surface area contributed by atoms with Gasteiger partial charge in [0.1, 0.15) is 0 Å². The van der Waals surface area contributed by atoms with Crippen LogP contribution < -0.4 is 5.19 Å². The molecule has 0 amide bonds. The molecule has 3 aromatic rings. The van der Waals surface area contributed by atoms with Crippen LogP contribution in [0.5, 0.6) is 0 Å². The van der Waals surface area contributed by atoms with Crippen LogP contribution in [0, 0.1) is 5.92 Å². The first-order chi connectivity index (χ1) is 14.7. The van der Waals surface area contributed by atoms with Gasteiger partial charge in [0, 0.05) is 20.0 Å². The van der Waals surface area contributed by atoms with Crippen LogP contribution in [0.4, 0.5) is 0 Å². The number of hydrogen-bond acceptors (Lipinski definition) is 10.